The summed E-state index contributed by atoms with van der Waals surface area (Å²) in [6.07, 6.45) is 1.54. The molecule has 1 amide bonds. The monoisotopic (exact) mass is 522 g/mol. The topological polar surface area (TPSA) is 95.7 Å². The van der Waals surface area contributed by atoms with E-state index >= 15 is 0 Å². The fourth-order valence-corrected chi connectivity index (χ4v) is 4.98. The summed E-state index contributed by atoms with van der Waals surface area (Å²) in [5, 5.41) is 1.28. The lowest BCUT2D eigenvalue weighted by Gasteiger charge is -2.25. The Kier molecular flexibility index (Phi) is 6.19. The SMILES string of the molecule is COc1cccc2c1ncc1c(=O)n(-c3cccc(Cl)c3)c(=O)n(C3CCN(C(=O)OC(C)(C)C)C3)c12. The lowest BCUT2D eigenvalue weighted by atomic mass is 10.1. The zero-order valence-corrected chi connectivity index (χ0v) is 21.8. The van der Waals surface area contributed by atoms with Gasteiger partial charge in [-0.15, -0.1) is 0 Å². The number of benzene rings is 2. The first-order chi connectivity index (χ1) is 17.6. The maximum Gasteiger partial charge on any atom is 0.410 e. The molecule has 1 aliphatic heterocycles. The highest BCUT2D eigenvalue weighted by Crippen LogP contribution is 2.32. The van der Waals surface area contributed by atoms with E-state index in [1.807, 2.05) is 26.8 Å². The van der Waals surface area contributed by atoms with Gasteiger partial charge < -0.3 is 14.4 Å². The van der Waals surface area contributed by atoms with Gasteiger partial charge in [0.1, 0.15) is 16.9 Å². The van der Waals surface area contributed by atoms with E-state index in [1.165, 1.54) is 6.20 Å². The number of fused-ring (bicyclic) bond motifs is 3. The number of hydrogen-bond acceptors (Lipinski definition) is 6. The summed E-state index contributed by atoms with van der Waals surface area (Å²) in [4.78, 5) is 46.7. The predicted octanol–water partition coefficient (Wildman–Crippen LogP) is 4.54. The van der Waals surface area contributed by atoms with Crippen molar-refractivity contribution in [3.05, 3.63) is 74.5 Å². The van der Waals surface area contributed by atoms with Crippen molar-refractivity contribution in [2.24, 2.45) is 0 Å². The number of hydrogen-bond donors (Lipinski definition) is 0. The molecular formula is C27H27ClN4O5. The number of halogens is 1. The number of pyridine rings is 1. The van der Waals surface area contributed by atoms with Crippen LogP contribution >= 0.6 is 11.6 Å². The Balaban J connectivity index is 1.78. The maximum atomic E-state index is 14.1. The van der Waals surface area contributed by atoms with Crippen LogP contribution in [0.5, 0.6) is 5.75 Å². The summed E-state index contributed by atoms with van der Waals surface area (Å²) in [5.41, 5.74) is -0.327. The van der Waals surface area contributed by atoms with Gasteiger partial charge >= 0.3 is 11.8 Å². The number of amides is 1. The van der Waals surface area contributed by atoms with E-state index in [0.29, 0.717) is 45.8 Å². The molecule has 0 aliphatic carbocycles. The number of ether oxygens (including phenoxy) is 2. The zero-order valence-electron chi connectivity index (χ0n) is 21.0. The number of aromatic nitrogens is 3. The molecule has 0 spiro atoms. The zero-order chi connectivity index (χ0) is 26.5. The summed E-state index contributed by atoms with van der Waals surface area (Å²) in [5.74, 6) is 0.527. The molecule has 1 aliphatic rings. The van der Waals surface area contributed by atoms with Crippen LogP contribution in [0.25, 0.3) is 27.5 Å². The maximum absolute atomic E-state index is 14.1. The Hall–Kier alpha value is -3.85. The Morgan fingerprint density at radius 2 is 1.86 bits per heavy atom. The van der Waals surface area contributed by atoms with Gasteiger partial charge in [0, 0.05) is 29.7 Å². The first-order valence-electron chi connectivity index (χ1n) is 12.0. The molecular weight excluding hydrogens is 496 g/mol. The van der Waals surface area contributed by atoms with E-state index in [-0.39, 0.29) is 11.9 Å². The summed E-state index contributed by atoms with van der Waals surface area (Å²) >= 11 is 6.19. The molecule has 2 aromatic heterocycles. The molecule has 1 atom stereocenters. The molecule has 37 heavy (non-hydrogen) atoms. The van der Waals surface area contributed by atoms with Crippen LogP contribution in [0.15, 0.2) is 58.3 Å². The number of carbonyl (C=O) groups is 1. The van der Waals surface area contributed by atoms with Crippen molar-refractivity contribution in [3.8, 4) is 11.4 Å². The van der Waals surface area contributed by atoms with Crippen molar-refractivity contribution in [1.82, 2.24) is 19.0 Å². The Labute approximate surface area is 217 Å². The molecule has 4 aromatic rings. The van der Waals surface area contributed by atoms with E-state index in [4.69, 9.17) is 21.1 Å². The highest BCUT2D eigenvalue weighted by atomic mass is 35.5. The first-order valence-corrected chi connectivity index (χ1v) is 12.3. The van der Waals surface area contributed by atoms with Crippen LogP contribution in [0.1, 0.15) is 33.2 Å². The van der Waals surface area contributed by atoms with Gasteiger partial charge in [0.2, 0.25) is 0 Å². The van der Waals surface area contributed by atoms with Crippen molar-refractivity contribution in [2.45, 2.75) is 38.8 Å². The normalized spacial score (nSPS) is 15.9. The van der Waals surface area contributed by atoms with Gasteiger partial charge in [0.25, 0.3) is 5.56 Å². The van der Waals surface area contributed by atoms with Crippen LogP contribution < -0.4 is 16.0 Å². The standard InChI is InChI=1S/C27H27ClN4O5/c1-27(2,3)37-26(35)30-12-11-18(15-30)31-23-19-9-6-10-21(36-4)22(19)29-14-20(23)24(33)32(25(31)34)17-8-5-7-16(28)13-17/h5-10,13-14,18H,11-12,15H2,1-4H3. The minimum Gasteiger partial charge on any atom is -0.494 e. The third-order valence-corrected chi connectivity index (χ3v) is 6.61. The molecule has 1 fully saturated rings. The van der Waals surface area contributed by atoms with Gasteiger partial charge in [-0.05, 0) is 51.5 Å². The van der Waals surface area contributed by atoms with Crippen LogP contribution in [-0.4, -0.2) is 50.9 Å². The predicted molar refractivity (Wildman–Crippen MR) is 142 cm³/mol. The molecule has 1 saturated heterocycles. The third kappa shape index (κ3) is 4.44. The summed E-state index contributed by atoms with van der Waals surface area (Å²) in [7, 11) is 1.54. The quantitative estimate of drug-likeness (QED) is 0.366. The van der Waals surface area contributed by atoms with Crippen molar-refractivity contribution in [3.63, 3.8) is 0 Å². The number of rotatable bonds is 3. The van der Waals surface area contributed by atoms with Gasteiger partial charge in [-0.3, -0.25) is 14.3 Å². The third-order valence-electron chi connectivity index (χ3n) is 6.37. The molecule has 3 heterocycles. The molecule has 0 saturated carbocycles. The Morgan fingerprint density at radius 3 is 2.57 bits per heavy atom. The number of methoxy groups -OCH3 is 1. The highest BCUT2D eigenvalue weighted by Gasteiger charge is 2.33. The van der Waals surface area contributed by atoms with Gasteiger partial charge in [-0.1, -0.05) is 29.8 Å². The van der Waals surface area contributed by atoms with Gasteiger partial charge in [-0.2, -0.15) is 0 Å². The second-order valence-electron chi connectivity index (χ2n) is 10.0. The number of para-hydroxylation sites is 1. The van der Waals surface area contributed by atoms with E-state index in [9.17, 15) is 14.4 Å². The fourth-order valence-electron chi connectivity index (χ4n) is 4.80. The molecule has 1 unspecified atom stereocenters. The summed E-state index contributed by atoms with van der Waals surface area (Å²) < 4.78 is 13.8. The molecule has 10 heteroatoms. The van der Waals surface area contributed by atoms with Crippen molar-refractivity contribution < 1.29 is 14.3 Å². The smallest absolute Gasteiger partial charge is 0.410 e. The van der Waals surface area contributed by atoms with Crippen molar-refractivity contribution in [1.29, 1.82) is 0 Å². The Bertz CT molecular complexity index is 1650. The van der Waals surface area contributed by atoms with Crippen molar-refractivity contribution >= 4 is 39.5 Å². The summed E-state index contributed by atoms with van der Waals surface area (Å²) in [6, 6.07) is 11.6. The Morgan fingerprint density at radius 1 is 1.11 bits per heavy atom. The van der Waals surface area contributed by atoms with Gasteiger partial charge in [0.15, 0.2) is 0 Å². The van der Waals surface area contributed by atoms with E-state index in [2.05, 4.69) is 4.98 Å². The molecule has 0 radical (unpaired) electrons. The molecule has 0 N–H and O–H groups in total. The van der Waals surface area contributed by atoms with Crippen LogP contribution in [0.4, 0.5) is 4.79 Å². The average Bonchev–Trinajstić information content (AvgIpc) is 3.33. The number of carbonyl (C=O) groups excluding carboxylic acids is 1. The summed E-state index contributed by atoms with van der Waals surface area (Å²) in [6.45, 7) is 6.10. The second kappa shape index (κ2) is 9.23. The van der Waals surface area contributed by atoms with E-state index < -0.39 is 29.0 Å². The molecule has 192 valence electrons. The van der Waals surface area contributed by atoms with Crippen LogP contribution in [-0.2, 0) is 4.74 Å². The largest absolute Gasteiger partial charge is 0.494 e. The second-order valence-corrected chi connectivity index (χ2v) is 10.5. The van der Waals surface area contributed by atoms with Crippen LogP contribution in [0, 0.1) is 0 Å². The molecule has 2 aromatic carbocycles. The lowest BCUT2D eigenvalue weighted by molar-refractivity contribution is 0.0289. The number of likely N-dealkylation sites (tertiary alicyclic amines) is 1. The van der Waals surface area contributed by atoms with Gasteiger partial charge in [0.05, 0.1) is 29.7 Å². The lowest BCUT2D eigenvalue weighted by Crippen LogP contribution is -2.42. The van der Waals surface area contributed by atoms with Gasteiger partial charge in [-0.25, -0.2) is 14.2 Å². The molecule has 0 bridgehead atoms. The van der Waals surface area contributed by atoms with Crippen LogP contribution in [0.2, 0.25) is 5.02 Å². The first kappa shape index (κ1) is 24.8. The van der Waals surface area contributed by atoms with E-state index in [0.717, 1.165) is 4.57 Å². The van der Waals surface area contributed by atoms with Crippen LogP contribution in [0.3, 0.4) is 0 Å². The fraction of sp³-hybridized carbons (Fsp3) is 0.333. The molecule has 9 nitrogen and oxygen atoms in total. The van der Waals surface area contributed by atoms with Crippen molar-refractivity contribution in [2.75, 3.05) is 20.2 Å². The molecule has 5 rings (SSSR count). The number of nitrogens with zero attached hydrogens (tertiary/aromatic N) is 4. The highest BCUT2D eigenvalue weighted by molar-refractivity contribution is 6.30. The van der Waals surface area contributed by atoms with E-state index in [1.54, 1.807) is 53.0 Å². The minimum atomic E-state index is -0.642. The minimum absolute atomic E-state index is 0.255. The average molecular weight is 523 g/mol.